The van der Waals surface area contributed by atoms with Gasteiger partial charge in [0.25, 0.3) is 0 Å². The molecular formula is C23H25Cl3N4O2. The molecule has 0 aliphatic carbocycles. The lowest BCUT2D eigenvalue weighted by Crippen LogP contribution is -2.51. The van der Waals surface area contributed by atoms with Gasteiger partial charge >= 0.3 is 0 Å². The van der Waals surface area contributed by atoms with Gasteiger partial charge in [-0.25, -0.2) is 0 Å². The maximum Gasteiger partial charge on any atom is 0.244 e. The predicted octanol–water partition coefficient (Wildman–Crippen LogP) is 3.49. The molecule has 0 radical (unpaired) electrons. The molecule has 32 heavy (non-hydrogen) atoms. The summed E-state index contributed by atoms with van der Waals surface area (Å²) in [6.07, 6.45) is 3.86. The van der Waals surface area contributed by atoms with Gasteiger partial charge in [0.1, 0.15) is 0 Å². The fourth-order valence-electron chi connectivity index (χ4n) is 3.52. The van der Waals surface area contributed by atoms with Crippen LogP contribution >= 0.6 is 34.8 Å². The van der Waals surface area contributed by atoms with E-state index in [1.807, 2.05) is 12.1 Å². The number of amides is 2. The monoisotopic (exact) mass is 494 g/mol. The minimum Gasteiger partial charge on any atom is -0.351 e. The van der Waals surface area contributed by atoms with Crippen LogP contribution in [0.3, 0.4) is 0 Å². The Balaban J connectivity index is 1.57. The fraction of sp³-hybridized carbons (Fsp3) is 0.304. The van der Waals surface area contributed by atoms with Gasteiger partial charge in [-0.15, -0.1) is 0 Å². The summed E-state index contributed by atoms with van der Waals surface area (Å²) in [5.41, 5.74) is 7.58. The first kappa shape index (κ1) is 24.6. The van der Waals surface area contributed by atoms with Crippen molar-refractivity contribution in [1.29, 1.82) is 0 Å². The van der Waals surface area contributed by atoms with Crippen LogP contribution in [0.5, 0.6) is 0 Å². The Morgan fingerprint density at radius 3 is 2.47 bits per heavy atom. The lowest BCUT2D eigenvalue weighted by molar-refractivity contribution is -0.133. The van der Waals surface area contributed by atoms with Gasteiger partial charge in [-0.2, -0.15) is 0 Å². The molecule has 0 bridgehead atoms. The van der Waals surface area contributed by atoms with E-state index in [-0.39, 0.29) is 24.4 Å². The molecule has 1 aliphatic heterocycles. The number of carbonyl (C=O) groups excluding carboxylic acids is 2. The van der Waals surface area contributed by atoms with Crippen molar-refractivity contribution in [3.63, 3.8) is 0 Å². The largest absolute Gasteiger partial charge is 0.351 e. The highest BCUT2D eigenvalue weighted by Crippen LogP contribution is 2.21. The van der Waals surface area contributed by atoms with Gasteiger partial charge in [0.2, 0.25) is 11.8 Å². The molecule has 0 saturated carbocycles. The van der Waals surface area contributed by atoms with E-state index in [1.165, 1.54) is 6.08 Å². The standard InChI is InChI=1S/C23H25Cl3N4O2/c24-17-4-1-15(2-5-17)3-6-22(31)28-13-20-7-8-30(23(32)21(12-27)29-20)14-16-9-18(25)11-19(26)10-16/h1-6,9-11,20-21,29H,7-8,12-14,27H2,(H,28,31). The minimum atomic E-state index is -0.529. The van der Waals surface area contributed by atoms with Gasteiger partial charge in [-0.05, 0) is 54.0 Å². The van der Waals surface area contributed by atoms with Crippen LogP contribution in [0.25, 0.3) is 6.08 Å². The Labute approximate surface area is 202 Å². The molecule has 6 nitrogen and oxygen atoms in total. The van der Waals surface area contributed by atoms with E-state index in [1.54, 1.807) is 41.3 Å². The maximum atomic E-state index is 12.9. The molecule has 2 aromatic carbocycles. The van der Waals surface area contributed by atoms with Crippen LogP contribution in [0, 0.1) is 0 Å². The topological polar surface area (TPSA) is 87.5 Å². The number of hydrogen-bond acceptors (Lipinski definition) is 4. The summed E-state index contributed by atoms with van der Waals surface area (Å²) in [4.78, 5) is 26.9. The zero-order valence-corrected chi connectivity index (χ0v) is 19.6. The third-order valence-corrected chi connectivity index (χ3v) is 5.83. The average Bonchev–Trinajstić information content (AvgIpc) is 2.90. The van der Waals surface area contributed by atoms with E-state index < -0.39 is 6.04 Å². The fourth-order valence-corrected chi connectivity index (χ4v) is 4.22. The number of carbonyl (C=O) groups is 2. The summed E-state index contributed by atoms with van der Waals surface area (Å²) < 4.78 is 0. The maximum absolute atomic E-state index is 12.9. The van der Waals surface area contributed by atoms with Crippen molar-refractivity contribution in [2.45, 2.75) is 25.0 Å². The van der Waals surface area contributed by atoms with Crippen molar-refractivity contribution in [3.05, 3.63) is 74.7 Å². The predicted molar refractivity (Wildman–Crippen MR) is 130 cm³/mol. The Bertz CT molecular complexity index is 961. The molecule has 2 atom stereocenters. The third kappa shape index (κ3) is 7.22. The molecule has 1 saturated heterocycles. The summed E-state index contributed by atoms with van der Waals surface area (Å²) in [7, 11) is 0. The van der Waals surface area contributed by atoms with Crippen molar-refractivity contribution in [2.24, 2.45) is 5.73 Å². The summed E-state index contributed by atoms with van der Waals surface area (Å²) in [5.74, 6) is -0.299. The Kier molecular flexibility index (Phi) is 8.96. The molecule has 0 aromatic heterocycles. The molecule has 3 rings (SSSR count). The van der Waals surface area contributed by atoms with Crippen LogP contribution < -0.4 is 16.4 Å². The van der Waals surface area contributed by atoms with Crippen LogP contribution in [-0.2, 0) is 16.1 Å². The molecule has 2 aromatic rings. The summed E-state index contributed by atoms with van der Waals surface area (Å²) in [6.45, 7) is 1.45. The average molecular weight is 496 g/mol. The van der Waals surface area contributed by atoms with Gasteiger partial charge in [-0.1, -0.05) is 46.9 Å². The van der Waals surface area contributed by atoms with Crippen LogP contribution in [0.1, 0.15) is 17.5 Å². The first-order valence-corrected chi connectivity index (χ1v) is 11.4. The van der Waals surface area contributed by atoms with Crippen LogP contribution in [0.4, 0.5) is 0 Å². The second-order valence-corrected chi connectivity index (χ2v) is 8.92. The van der Waals surface area contributed by atoms with Crippen molar-refractivity contribution in [2.75, 3.05) is 19.6 Å². The number of nitrogens with two attached hydrogens (primary N) is 1. The highest BCUT2D eigenvalue weighted by molar-refractivity contribution is 6.34. The van der Waals surface area contributed by atoms with Crippen LogP contribution in [-0.4, -0.2) is 48.4 Å². The highest BCUT2D eigenvalue weighted by Gasteiger charge is 2.30. The van der Waals surface area contributed by atoms with E-state index in [0.29, 0.717) is 41.1 Å². The number of hydrogen-bond donors (Lipinski definition) is 3. The number of halogens is 3. The molecule has 4 N–H and O–H groups in total. The smallest absolute Gasteiger partial charge is 0.244 e. The number of nitrogens with zero attached hydrogens (tertiary/aromatic N) is 1. The SMILES string of the molecule is NCC1NC(CNC(=O)C=Cc2ccc(Cl)cc2)CCN(Cc2cc(Cl)cc(Cl)c2)C1=O. The first-order chi connectivity index (χ1) is 15.3. The lowest BCUT2D eigenvalue weighted by Gasteiger charge is -2.24. The number of rotatable bonds is 7. The molecule has 2 unspecified atom stereocenters. The summed E-state index contributed by atoms with van der Waals surface area (Å²) >= 11 is 18.0. The molecule has 9 heteroatoms. The lowest BCUT2D eigenvalue weighted by atomic mass is 10.1. The highest BCUT2D eigenvalue weighted by atomic mass is 35.5. The molecule has 1 fully saturated rings. The second kappa shape index (κ2) is 11.7. The van der Waals surface area contributed by atoms with E-state index >= 15 is 0 Å². The minimum absolute atomic E-state index is 0.0833. The van der Waals surface area contributed by atoms with Crippen molar-refractivity contribution < 1.29 is 9.59 Å². The van der Waals surface area contributed by atoms with Gasteiger partial charge in [0.05, 0.1) is 6.04 Å². The zero-order valence-electron chi connectivity index (χ0n) is 17.4. The van der Waals surface area contributed by atoms with E-state index in [0.717, 1.165) is 11.1 Å². The second-order valence-electron chi connectivity index (χ2n) is 7.61. The van der Waals surface area contributed by atoms with Gasteiger partial charge in [0.15, 0.2) is 0 Å². The molecule has 1 heterocycles. The molecule has 170 valence electrons. The van der Waals surface area contributed by atoms with Gasteiger partial charge in [-0.3, -0.25) is 9.59 Å². The zero-order chi connectivity index (χ0) is 23.1. The normalized spacial score (nSPS) is 19.2. The van der Waals surface area contributed by atoms with Gasteiger partial charge < -0.3 is 21.3 Å². The van der Waals surface area contributed by atoms with Crippen molar-refractivity contribution in [3.8, 4) is 0 Å². The molecule has 1 aliphatic rings. The third-order valence-electron chi connectivity index (χ3n) is 5.15. The number of nitrogens with one attached hydrogen (secondary N) is 2. The van der Waals surface area contributed by atoms with Crippen LogP contribution in [0.2, 0.25) is 15.1 Å². The Hall–Kier alpha value is -2.09. The molecule has 2 amide bonds. The summed E-state index contributed by atoms with van der Waals surface area (Å²) in [5, 5.41) is 7.84. The number of benzene rings is 2. The molecular weight excluding hydrogens is 471 g/mol. The van der Waals surface area contributed by atoms with Crippen LogP contribution in [0.15, 0.2) is 48.5 Å². The van der Waals surface area contributed by atoms with E-state index in [2.05, 4.69) is 10.6 Å². The van der Waals surface area contributed by atoms with Gasteiger partial charge in [0, 0.05) is 53.4 Å². The Morgan fingerprint density at radius 2 is 1.81 bits per heavy atom. The van der Waals surface area contributed by atoms with Crippen molar-refractivity contribution >= 4 is 52.7 Å². The van der Waals surface area contributed by atoms with Crippen molar-refractivity contribution in [1.82, 2.24) is 15.5 Å². The summed E-state index contributed by atoms with van der Waals surface area (Å²) in [6, 6.07) is 11.8. The van der Waals surface area contributed by atoms with E-state index in [9.17, 15) is 9.59 Å². The first-order valence-electron chi connectivity index (χ1n) is 10.3. The Morgan fingerprint density at radius 1 is 1.12 bits per heavy atom. The molecule has 0 spiro atoms. The quantitative estimate of drug-likeness (QED) is 0.513. The van der Waals surface area contributed by atoms with E-state index in [4.69, 9.17) is 40.5 Å².